The van der Waals surface area contributed by atoms with Gasteiger partial charge in [-0.05, 0) is 38.1 Å². The molecule has 1 N–H and O–H groups in total. The molecule has 0 aromatic heterocycles. The van der Waals surface area contributed by atoms with E-state index in [0.717, 1.165) is 44.8 Å². The summed E-state index contributed by atoms with van der Waals surface area (Å²) >= 11 is 0. The monoisotopic (exact) mass is 226 g/mol. The van der Waals surface area contributed by atoms with E-state index >= 15 is 0 Å². The lowest BCUT2D eigenvalue weighted by atomic mass is 10.0. The number of likely N-dealkylation sites (N-methyl/N-ethyl adjacent to an activating group) is 1. The Morgan fingerprint density at radius 2 is 2.25 bits per heavy atom. The van der Waals surface area contributed by atoms with Crippen LogP contribution < -0.4 is 5.32 Å². The van der Waals surface area contributed by atoms with E-state index in [9.17, 15) is 4.79 Å². The van der Waals surface area contributed by atoms with Crippen LogP contribution >= 0.6 is 0 Å². The topological polar surface area (TPSA) is 32.3 Å². The molecule has 0 radical (unpaired) electrons. The van der Waals surface area contributed by atoms with Gasteiger partial charge in [0.2, 0.25) is 5.91 Å². The van der Waals surface area contributed by atoms with E-state index in [1.807, 2.05) is 4.90 Å². The Hall–Kier alpha value is -0.570. The van der Waals surface area contributed by atoms with Crippen LogP contribution in [0.3, 0.4) is 0 Å². The molecule has 1 fully saturated rings. The highest BCUT2D eigenvalue weighted by Gasteiger charge is 2.27. The predicted octanol–water partition coefficient (Wildman–Crippen LogP) is 2.02. The number of rotatable bonds is 6. The minimum absolute atomic E-state index is 0.0813. The summed E-state index contributed by atoms with van der Waals surface area (Å²) in [5, 5.41) is 3.27. The van der Waals surface area contributed by atoms with Crippen molar-refractivity contribution >= 4 is 5.91 Å². The number of nitrogens with one attached hydrogen (secondary N) is 1. The highest BCUT2D eigenvalue weighted by molar-refractivity contribution is 5.82. The zero-order valence-corrected chi connectivity index (χ0v) is 11.0. The number of carbonyl (C=O) groups is 1. The van der Waals surface area contributed by atoms with E-state index in [0.29, 0.717) is 5.91 Å². The van der Waals surface area contributed by atoms with Gasteiger partial charge in [-0.1, -0.05) is 20.8 Å². The first-order chi connectivity index (χ1) is 7.65. The van der Waals surface area contributed by atoms with Crippen molar-refractivity contribution in [3.8, 4) is 0 Å². The molecule has 0 aromatic carbocycles. The molecule has 0 bridgehead atoms. The molecule has 1 atom stereocenters. The SMILES string of the molecule is CCNC1CCCN(CCCC(C)C)C1=O. The molecule has 0 aliphatic carbocycles. The molecule has 1 aliphatic rings. The number of carbonyl (C=O) groups excluding carboxylic acids is 1. The van der Waals surface area contributed by atoms with Crippen molar-refractivity contribution < 1.29 is 4.79 Å². The fourth-order valence-electron chi connectivity index (χ4n) is 2.29. The fraction of sp³-hybridized carbons (Fsp3) is 0.923. The molecule has 3 nitrogen and oxygen atoms in total. The van der Waals surface area contributed by atoms with Crippen LogP contribution in [0.1, 0.15) is 46.5 Å². The molecule has 1 unspecified atom stereocenters. The van der Waals surface area contributed by atoms with Crippen LogP contribution in [0.2, 0.25) is 0 Å². The lowest BCUT2D eigenvalue weighted by molar-refractivity contribution is -0.136. The highest BCUT2D eigenvalue weighted by Crippen LogP contribution is 2.13. The van der Waals surface area contributed by atoms with Gasteiger partial charge in [-0.3, -0.25) is 4.79 Å². The van der Waals surface area contributed by atoms with Crippen LogP contribution in [-0.2, 0) is 4.79 Å². The number of hydrogen-bond donors (Lipinski definition) is 1. The zero-order chi connectivity index (χ0) is 12.0. The Morgan fingerprint density at radius 1 is 1.50 bits per heavy atom. The molecular weight excluding hydrogens is 200 g/mol. The second-order valence-corrected chi connectivity index (χ2v) is 5.11. The standard InChI is InChI=1S/C13H26N2O/c1-4-14-12-8-6-10-15(13(12)16)9-5-7-11(2)3/h11-12,14H,4-10H2,1-3H3. The largest absolute Gasteiger partial charge is 0.341 e. The lowest BCUT2D eigenvalue weighted by Gasteiger charge is -2.32. The summed E-state index contributed by atoms with van der Waals surface area (Å²) in [5.41, 5.74) is 0. The number of hydrogen-bond acceptors (Lipinski definition) is 2. The van der Waals surface area contributed by atoms with Crippen molar-refractivity contribution in [1.29, 1.82) is 0 Å². The zero-order valence-electron chi connectivity index (χ0n) is 11.0. The Kier molecular flexibility index (Phi) is 5.81. The van der Waals surface area contributed by atoms with Crippen molar-refractivity contribution in [3.05, 3.63) is 0 Å². The second kappa shape index (κ2) is 6.89. The van der Waals surface area contributed by atoms with Gasteiger partial charge in [0.25, 0.3) is 0 Å². The van der Waals surface area contributed by atoms with Gasteiger partial charge >= 0.3 is 0 Å². The van der Waals surface area contributed by atoms with Crippen molar-refractivity contribution in [3.63, 3.8) is 0 Å². The summed E-state index contributed by atoms with van der Waals surface area (Å²) in [5.74, 6) is 1.06. The van der Waals surface area contributed by atoms with E-state index < -0.39 is 0 Å². The maximum absolute atomic E-state index is 12.1. The fourth-order valence-corrected chi connectivity index (χ4v) is 2.29. The van der Waals surface area contributed by atoms with Crippen LogP contribution in [0.4, 0.5) is 0 Å². The first-order valence-electron chi connectivity index (χ1n) is 6.67. The quantitative estimate of drug-likeness (QED) is 0.751. The van der Waals surface area contributed by atoms with Crippen LogP contribution in [0, 0.1) is 5.92 Å². The van der Waals surface area contributed by atoms with E-state index in [2.05, 4.69) is 26.1 Å². The van der Waals surface area contributed by atoms with Crippen molar-refractivity contribution in [2.24, 2.45) is 5.92 Å². The van der Waals surface area contributed by atoms with Gasteiger partial charge in [0.1, 0.15) is 0 Å². The number of likely N-dealkylation sites (tertiary alicyclic amines) is 1. The predicted molar refractivity (Wildman–Crippen MR) is 67.4 cm³/mol. The van der Waals surface area contributed by atoms with Crippen molar-refractivity contribution in [2.75, 3.05) is 19.6 Å². The average molecular weight is 226 g/mol. The van der Waals surface area contributed by atoms with Gasteiger partial charge in [-0.15, -0.1) is 0 Å². The first-order valence-corrected chi connectivity index (χ1v) is 6.67. The summed E-state index contributed by atoms with van der Waals surface area (Å²) in [6.45, 7) is 9.32. The molecule has 3 heteroatoms. The minimum Gasteiger partial charge on any atom is -0.341 e. The van der Waals surface area contributed by atoms with E-state index in [-0.39, 0.29) is 6.04 Å². The summed E-state index contributed by atoms with van der Waals surface area (Å²) < 4.78 is 0. The number of amides is 1. The van der Waals surface area contributed by atoms with Gasteiger partial charge in [0, 0.05) is 13.1 Å². The summed E-state index contributed by atoms with van der Waals surface area (Å²) in [6.07, 6.45) is 4.51. The molecule has 16 heavy (non-hydrogen) atoms. The van der Waals surface area contributed by atoms with E-state index in [1.165, 1.54) is 6.42 Å². The molecule has 1 saturated heterocycles. The Bertz CT molecular complexity index is 214. The lowest BCUT2D eigenvalue weighted by Crippen LogP contribution is -2.50. The van der Waals surface area contributed by atoms with Crippen LogP contribution in [0.15, 0.2) is 0 Å². The molecule has 94 valence electrons. The average Bonchev–Trinajstić information content (AvgIpc) is 2.23. The minimum atomic E-state index is 0.0813. The number of nitrogens with zero attached hydrogens (tertiary/aromatic N) is 1. The summed E-state index contributed by atoms with van der Waals surface area (Å²) in [6, 6.07) is 0.0813. The van der Waals surface area contributed by atoms with Gasteiger partial charge in [0.15, 0.2) is 0 Å². The Morgan fingerprint density at radius 3 is 2.88 bits per heavy atom. The molecule has 1 heterocycles. The van der Waals surface area contributed by atoms with Crippen molar-refractivity contribution in [1.82, 2.24) is 10.2 Å². The summed E-state index contributed by atoms with van der Waals surface area (Å²) in [4.78, 5) is 14.1. The van der Waals surface area contributed by atoms with Crippen LogP contribution in [0.25, 0.3) is 0 Å². The van der Waals surface area contributed by atoms with Gasteiger partial charge in [-0.25, -0.2) is 0 Å². The number of piperidine rings is 1. The molecule has 1 aliphatic heterocycles. The highest BCUT2D eigenvalue weighted by atomic mass is 16.2. The Labute approximate surface area is 99.6 Å². The summed E-state index contributed by atoms with van der Waals surface area (Å²) in [7, 11) is 0. The van der Waals surface area contributed by atoms with E-state index in [1.54, 1.807) is 0 Å². The van der Waals surface area contributed by atoms with Crippen LogP contribution in [0.5, 0.6) is 0 Å². The third-order valence-corrected chi connectivity index (χ3v) is 3.19. The molecule has 1 amide bonds. The Balaban J connectivity index is 2.32. The molecule has 0 saturated carbocycles. The normalized spacial score (nSPS) is 21.9. The molecule has 1 rings (SSSR count). The van der Waals surface area contributed by atoms with E-state index in [4.69, 9.17) is 0 Å². The van der Waals surface area contributed by atoms with Crippen LogP contribution in [-0.4, -0.2) is 36.5 Å². The molecule has 0 spiro atoms. The smallest absolute Gasteiger partial charge is 0.239 e. The second-order valence-electron chi connectivity index (χ2n) is 5.11. The first kappa shape index (κ1) is 13.5. The maximum Gasteiger partial charge on any atom is 0.239 e. The third-order valence-electron chi connectivity index (χ3n) is 3.19. The molecule has 0 aromatic rings. The van der Waals surface area contributed by atoms with Gasteiger partial charge in [-0.2, -0.15) is 0 Å². The van der Waals surface area contributed by atoms with Gasteiger partial charge < -0.3 is 10.2 Å². The molecular formula is C13H26N2O. The third kappa shape index (κ3) is 4.12. The van der Waals surface area contributed by atoms with Gasteiger partial charge in [0.05, 0.1) is 6.04 Å². The maximum atomic E-state index is 12.1. The van der Waals surface area contributed by atoms with Crippen molar-refractivity contribution in [2.45, 2.75) is 52.5 Å².